The molecule has 0 radical (unpaired) electrons. The SMILES string of the molecule is CCC(C)CN(C)c1cc(OC(C)C)c(F)cc1N. The zero-order valence-corrected chi connectivity index (χ0v) is 12.5. The van der Waals surface area contributed by atoms with Crippen LogP contribution in [0.3, 0.4) is 0 Å². The zero-order chi connectivity index (χ0) is 14.6. The largest absolute Gasteiger partial charge is 0.488 e. The van der Waals surface area contributed by atoms with Gasteiger partial charge in [-0.25, -0.2) is 4.39 Å². The van der Waals surface area contributed by atoms with Crippen LogP contribution in [0.25, 0.3) is 0 Å². The van der Waals surface area contributed by atoms with E-state index < -0.39 is 5.82 Å². The summed E-state index contributed by atoms with van der Waals surface area (Å²) in [4.78, 5) is 2.05. The van der Waals surface area contributed by atoms with E-state index in [0.29, 0.717) is 11.6 Å². The van der Waals surface area contributed by atoms with Crippen LogP contribution in [0, 0.1) is 11.7 Å². The Morgan fingerprint density at radius 2 is 1.95 bits per heavy atom. The molecule has 1 atom stereocenters. The highest BCUT2D eigenvalue weighted by molar-refractivity contribution is 5.69. The number of nitrogen functional groups attached to an aromatic ring is 1. The topological polar surface area (TPSA) is 38.5 Å². The monoisotopic (exact) mass is 268 g/mol. The number of hydrogen-bond donors (Lipinski definition) is 1. The number of halogens is 1. The molecule has 1 rings (SSSR count). The lowest BCUT2D eigenvalue weighted by atomic mass is 10.1. The van der Waals surface area contributed by atoms with Crippen LogP contribution in [0.4, 0.5) is 15.8 Å². The van der Waals surface area contributed by atoms with E-state index in [9.17, 15) is 4.39 Å². The number of nitrogens with zero attached hydrogens (tertiary/aromatic N) is 1. The van der Waals surface area contributed by atoms with Gasteiger partial charge in [-0.1, -0.05) is 20.3 Å². The van der Waals surface area contributed by atoms with Crippen LogP contribution in [0.1, 0.15) is 34.1 Å². The maximum atomic E-state index is 13.8. The first kappa shape index (κ1) is 15.6. The first-order chi connectivity index (χ1) is 8.85. The highest BCUT2D eigenvalue weighted by atomic mass is 19.1. The van der Waals surface area contributed by atoms with E-state index in [2.05, 4.69) is 18.7 Å². The molecule has 4 heteroatoms. The molecule has 0 heterocycles. The van der Waals surface area contributed by atoms with Crippen LogP contribution >= 0.6 is 0 Å². The van der Waals surface area contributed by atoms with Crippen molar-refractivity contribution in [2.45, 2.75) is 40.2 Å². The fourth-order valence-electron chi connectivity index (χ4n) is 1.93. The smallest absolute Gasteiger partial charge is 0.167 e. The minimum atomic E-state index is -0.410. The molecule has 2 N–H and O–H groups in total. The quantitative estimate of drug-likeness (QED) is 0.800. The Kier molecular flexibility index (Phi) is 5.45. The van der Waals surface area contributed by atoms with Gasteiger partial charge in [0.25, 0.3) is 0 Å². The number of benzene rings is 1. The fourth-order valence-corrected chi connectivity index (χ4v) is 1.93. The summed E-state index contributed by atoms with van der Waals surface area (Å²) in [5.41, 5.74) is 7.16. The summed E-state index contributed by atoms with van der Waals surface area (Å²) in [5.74, 6) is 0.408. The summed E-state index contributed by atoms with van der Waals surface area (Å²) < 4.78 is 19.2. The van der Waals surface area contributed by atoms with E-state index in [-0.39, 0.29) is 11.9 Å². The van der Waals surface area contributed by atoms with Crippen molar-refractivity contribution in [3.8, 4) is 5.75 Å². The van der Waals surface area contributed by atoms with Crippen LogP contribution in [0.15, 0.2) is 12.1 Å². The Bertz CT molecular complexity index is 421. The molecule has 0 aliphatic heterocycles. The zero-order valence-electron chi connectivity index (χ0n) is 12.5. The van der Waals surface area contributed by atoms with Crippen molar-refractivity contribution in [3.05, 3.63) is 17.9 Å². The molecule has 0 saturated heterocycles. The maximum absolute atomic E-state index is 13.8. The van der Waals surface area contributed by atoms with Crippen molar-refractivity contribution in [1.82, 2.24) is 0 Å². The Morgan fingerprint density at radius 3 is 2.47 bits per heavy atom. The summed E-state index contributed by atoms with van der Waals surface area (Å²) in [6, 6.07) is 3.02. The number of anilines is 2. The summed E-state index contributed by atoms with van der Waals surface area (Å²) >= 11 is 0. The predicted molar refractivity (Wildman–Crippen MR) is 79.3 cm³/mol. The molecule has 1 aromatic rings. The van der Waals surface area contributed by atoms with E-state index in [1.54, 1.807) is 6.07 Å². The summed E-state index contributed by atoms with van der Waals surface area (Å²) in [6.45, 7) is 8.96. The molecule has 19 heavy (non-hydrogen) atoms. The molecule has 0 aliphatic carbocycles. The first-order valence-corrected chi connectivity index (χ1v) is 6.81. The normalized spacial score (nSPS) is 12.6. The first-order valence-electron chi connectivity index (χ1n) is 6.81. The highest BCUT2D eigenvalue weighted by Gasteiger charge is 2.14. The molecule has 3 nitrogen and oxygen atoms in total. The lowest BCUT2D eigenvalue weighted by molar-refractivity contribution is 0.231. The number of ether oxygens (including phenoxy) is 1. The van der Waals surface area contributed by atoms with Gasteiger partial charge in [0, 0.05) is 25.7 Å². The fraction of sp³-hybridized carbons (Fsp3) is 0.600. The van der Waals surface area contributed by atoms with Gasteiger partial charge in [0.15, 0.2) is 11.6 Å². The van der Waals surface area contributed by atoms with Crippen molar-refractivity contribution in [1.29, 1.82) is 0 Å². The lowest BCUT2D eigenvalue weighted by Crippen LogP contribution is -2.24. The lowest BCUT2D eigenvalue weighted by Gasteiger charge is -2.25. The van der Waals surface area contributed by atoms with Gasteiger partial charge in [0.2, 0.25) is 0 Å². The molecule has 1 aromatic carbocycles. The van der Waals surface area contributed by atoms with Crippen LogP contribution < -0.4 is 15.4 Å². The molecule has 1 unspecified atom stereocenters. The van der Waals surface area contributed by atoms with Gasteiger partial charge in [0.1, 0.15) is 0 Å². The van der Waals surface area contributed by atoms with Gasteiger partial charge in [-0.05, 0) is 19.8 Å². The van der Waals surface area contributed by atoms with Crippen molar-refractivity contribution in [2.24, 2.45) is 5.92 Å². The average Bonchev–Trinajstić information content (AvgIpc) is 2.31. The molecule has 0 aliphatic rings. The summed E-state index contributed by atoms with van der Waals surface area (Å²) in [5, 5.41) is 0. The molecule has 0 spiro atoms. The molecular formula is C15H25FN2O. The molecule has 108 valence electrons. The second kappa shape index (κ2) is 6.64. The van der Waals surface area contributed by atoms with E-state index in [4.69, 9.17) is 10.5 Å². The Morgan fingerprint density at radius 1 is 1.32 bits per heavy atom. The minimum absolute atomic E-state index is 0.0640. The van der Waals surface area contributed by atoms with Gasteiger partial charge < -0.3 is 15.4 Å². The van der Waals surface area contributed by atoms with Gasteiger partial charge >= 0.3 is 0 Å². The number of nitrogens with two attached hydrogens (primary N) is 1. The average molecular weight is 268 g/mol. The second-order valence-corrected chi connectivity index (χ2v) is 5.40. The van der Waals surface area contributed by atoms with Gasteiger partial charge in [-0.3, -0.25) is 0 Å². The van der Waals surface area contributed by atoms with Crippen LogP contribution in [-0.2, 0) is 0 Å². The van der Waals surface area contributed by atoms with E-state index >= 15 is 0 Å². The van der Waals surface area contributed by atoms with Crippen molar-refractivity contribution < 1.29 is 9.13 Å². The van der Waals surface area contributed by atoms with Crippen molar-refractivity contribution >= 4 is 11.4 Å². The number of hydrogen-bond acceptors (Lipinski definition) is 3. The molecule has 0 amide bonds. The third-order valence-corrected chi connectivity index (χ3v) is 3.14. The van der Waals surface area contributed by atoms with E-state index in [1.165, 1.54) is 6.07 Å². The van der Waals surface area contributed by atoms with E-state index in [0.717, 1.165) is 18.7 Å². The molecule has 0 fully saturated rings. The van der Waals surface area contributed by atoms with Gasteiger partial charge in [-0.15, -0.1) is 0 Å². The third-order valence-electron chi connectivity index (χ3n) is 3.14. The molecule has 0 aromatic heterocycles. The third kappa shape index (κ3) is 4.30. The highest BCUT2D eigenvalue weighted by Crippen LogP contribution is 2.31. The maximum Gasteiger partial charge on any atom is 0.167 e. The summed E-state index contributed by atoms with van der Waals surface area (Å²) in [6.07, 6.45) is 1.03. The van der Waals surface area contributed by atoms with Crippen LogP contribution in [-0.4, -0.2) is 19.7 Å². The van der Waals surface area contributed by atoms with Crippen LogP contribution in [0.5, 0.6) is 5.75 Å². The van der Waals surface area contributed by atoms with E-state index in [1.807, 2.05) is 20.9 Å². The molecular weight excluding hydrogens is 243 g/mol. The van der Waals surface area contributed by atoms with Crippen molar-refractivity contribution in [2.75, 3.05) is 24.2 Å². The minimum Gasteiger partial charge on any atom is -0.488 e. The standard InChI is InChI=1S/C15H25FN2O/c1-6-11(4)9-18(5)14-8-15(19-10(2)3)12(16)7-13(14)17/h7-8,10-11H,6,9,17H2,1-5H3. The van der Waals surface area contributed by atoms with Crippen molar-refractivity contribution in [3.63, 3.8) is 0 Å². The van der Waals surface area contributed by atoms with Crippen LogP contribution in [0.2, 0.25) is 0 Å². The predicted octanol–water partition coefficient (Wildman–Crippen LogP) is 3.68. The Balaban J connectivity index is 2.99. The Hall–Kier alpha value is -1.45. The Labute approximate surface area is 115 Å². The van der Waals surface area contributed by atoms with Gasteiger partial charge in [-0.2, -0.15) is 0 Å². The summed E-state index contributed by atoms with van der Waals surface area (Å²) in [7, 11) is 1.97. The number of rotatable bonds is 6. The molecule has 0 bridgehead atoms. The second-order valence-electron chi connectivity index (χ2n) is 5.40. The van der Waals surface area contributed by atoms with Gasteiger partial charge in [0.05, 0.1) is 17.5 Å². The molecule has 0 saturated carbocycles.